The summed E-state index contributed by atoms with van der Waals surface area (Å²) in [6, 6.07) is 28.9. The molecule has 0 aliphatic heterocycles. The van der Waals surface area contributed by atoms with Gasteiger partial charge >= 0.3 is 0 Å². The Hall–Kier alpha value is -3.85. The molecule has 2 N–H and O–H groups in total. The highest BCUT2D eigenvalue weighted by Gasteiger charge is 2.27. The van der Waals surface area contributed by atoms with Crippen molar-refractivity contribution in [2.45, 2.75) is 24.0 Å². The molecule has 0 aromatic heterocycles. The molecule has 1 amide bonds. The maximum Gasteiger partial charge on any atom is 0.242 e. The Morgan fingerprint density at radius 2 is 1.50 bits per heavy atom. The van der Waals surface area contributed by atoms with Crippen molar-refractivity contribution in [2.24, 2.45) is 0 Å². The zero-order chi connectivity index (χ0) is 27.0. The number of nitrogens with one attached hydrogen (secondary N) is 2. The topological polar surface area (TPSA) is 93.7 Å². The van der Waals surface area contributed by atoms with Crippen LogP contribution in [0.15, 0.2) is 108 Å². The first-order valence-electron chi connectivity index (χ1n) is 11.8. The maximum atomic E-state index is 13.3. The number of rotatable bonds is 11. The van der Waals surface area contributed by atoms with Crippen LogP contribution in [0.3, 0.4) is 0 Å². The highest BCUT2D eigenvalue weighted by molar-refractivity contribution is 7.89. The second kappa shape index (κ2) is 12.6. The van der Waals surface area contributed by atoms with Gasteiger partial charge in [0.1, 0.15) is 24.1 Å². The zero-order valence-electron chi connectivity index (χ0n) is 20.6. The van der Waals surface area contributed by atoms with Gasteiger partial charge in [0.15, 0.2) is 0 Å². The fraction of sp³-hybridized carbons (Fsp3) is 0.138. The summed E-state index contributed by atoms with van der Waals surface area (Å²) in [7, 11) is -2.64. The normalized spacial score (nSPS) is 11.9. The first kappa shape index (κ1) is 27.2. The Balaban J connectivity index is 1.48. The average molecular weight is 551 g/mol. The number of amides is 1. The van der Waals surface area contributed by atoms with E-state index < -0.39 is 22.0 Å². The molecule has 0 spiro atoms. The standard InChI is InChI=1S/C29H27ClN2O5S/c1-36-28-17-16-25(19-26(28)30)38(34,35)32-27(18-21-8-4-2-5-9-21)29(33)31-23-12-14-24(15-13-23)37-20-22-10-6-3-7-11-22/h2-17,19,27,32H,18,20H2,1H3,(H,31,33)/t27-/m0/s1. The molecule has 0 aliphatic rings. The fourth-order valence-electron chi connectivity index (χ4n) is 3.71. The van der Waals surface area contributed by atoms with Crippen LogP contribution in [-0.4, -0.2) is 27.5 Å². The van der Waals surface area contributed by atoms with Gasteiger partial charge in [-0.2, -0.15) is 4.72 Å². The molecule has 4 rings (SSSR count). The lowest BCUT2D eigenvalue weighted by molar-refractivity contribution is -0.117. The molecule has 0 bridgehead atoms. The molecule has 4 aromatic rings. The Morgan fingerprint density at radius 3 is 2.11 bits per heavy atom. The van der Waals surface area contributed by atoms with Gasteiger partial charge < -0.3 is 14.8 Å². The monoisotopic (exact) mass is 550 g/mol. The molecule has 0 saturated carbocycles. The van der Waals surface area contributed by atoms with Crippen molar-refractivity contribution in [3.63, 3.8) is 0 Å². The van der Waals surface area contributed by atoms with Gasteiger partial charge in [-0.15, -0.1) is 0 Å². The molecule has 0 aliphatic carbocycles. The Kier molecular flexibility index (Phi) is 9.02. The number of hydrogen-bond donors (Lipinski definition) is 2. The van der Waals surface area contributed by atoms with Gasteiger partial charge in [-0.3, -0.25) is 4.79 Å². The van der Waals surface area contributed by atoms with Crippen molar-refractivity contribution in [2.75, 3.05) is 12.4 Å². The predicted octanol–water partition coefficient (Wildman–Crippen LogP) is 5.46. The molecular weight excluding hydrogens is 524 g/mol. The minimum Gasteiger partial charge on any atom is -0.495 e. The third-order valence-electron chi connectivity index (χ3n) is 5.70. The number of sulfonamides is 1. The van der Waals surface area contributed by atoms with Crippen LogP contribution in [-0.2, 0) is 27.8 Å². The van der Waals surface area contributed by atoms with E-state index in [1.54, 1.807) is 24.3 Å². The van der Waals surface area contributed by atoms with Crippen molar-refractivity contribution < 1.29 is 22.7 Å². The molecule has 0 heterocycles. The van der Waals surface area contributed by atoms with Gasteiger partial charge in [0.2, 0.25) is 15.9 Å². The van der Waals surface area contributed by atoms with Gasteiger partial charge in [0, 0.05) is 5.69 Å². The molecule has 7 nitrogen and oxygen atoms in total. The van der Waals surface area contributed by atoms with E-state index in [0.29, 0.717) is 23.8 Å². The molecule has 38 heavy (non-hydrogen) atoms. The SMILES string of the molecule is COc1ccc(S(=O)(=O)N[C@@H](Cc2ccccc2)C(=O)Nc2ccc(OCc3ccccc3)cc2)cc1Cl. The first-order chi connectivity index (χ1) is 18.3. The molecule has 0 unspecified atom stereocenters. The van der Waals surface area contributed by atoms with Gasteiger partial charge in [-0.05, 0) is 60.0 Å². The number of benzene rings is 4. The summed E-state index contributed by atoms with van der Waals surface area (Å²) in [5.41, 5.74) is 2.35. The van der Waals surface area contributed by atoms with Crippen LogP contribution in [0.1, 0.15) is 11.1 Å². The van der Waals surface area contributed by atoms with Crippen molar-refractivity contribution in [3.05, 3.63) is 119 Å². The summed E-state index contributed by atoms with van der Waals surface area (Å²) in [6.45, 7) is 0.419. The highest BCUT2D eigenvalue weighted by Crippen LogP contribution is 2.27. The second-order valence-electron chi connectivity index (χ2n) is 8.45. The Bertz CT molecular complexity index is 1460. The van der Waals surface area contributed by atoms with Gasteiger partial charge in [-0.1, -0.05) is 72.3 Å². The van der Waals surface area contributed by atoms with Crippen molar-refractivity contribution >= 4 is 33.2 Å². The minimum atomic E-state index is -4.08. The van der Waals surface area contributed by atoms with Crippen LogP contribution in [0.5, 0.6) is 11.5 Å². The van der Waals surface area contributed by atoms with E-state index in [1.807, 2.05) is 60.7 Å². The Labute approximate surface area is 227 Å². The second-order valence-corrected chi connectivity index (χ2v) is 10.6. The largest absolute Gasteiger partial charge is 0.495 e. The van der Waals surface area contributed by atoms with Crippen LogP contribution < -0.4 is 19.5 Å². The lowest BCUT2D eigenvalue weighted by Gasteiger charge is -2.19. The molecule has 4 aromatic carbocycles. The van der Waals surface area contributed by atoms with Crippen LogP contribution in [0.2, 0.25) is 5.02 Å². The number of carbonyl (C=O) groups excluding carboxylic acids is 1. The third kappa shape index (κ3) is 7.35. The van der Waals surface area contributed by atoms with Crippen LogP contribution >= 0.6 is 11.6 Å². The molecule has 196 valence electrons. The maximum absolute atomic E-state index is 13.3. The molecule has 0 saturated heterocycles. The smallest absolute Gasteiger partial charge is 0.242 e. The van der Waals surface area contributed by atoms with E-state index in [1.165, 1.54) is 25.3 Å². The molecular formula is C29H27ClN2O5S. The van der Waals surface area contributed by atoms with E-state index in [-0.39, 0.29) is 16.3 Å². The van der Waals surface area contributed by atoms with Crippen LogP contribution in [0.25, 0.3) is 0 Å². The summed E-state index contributed by atoms with van der Waals surface area (Å²) in [6.07, 6.45) is 0.147. The van der Waals surface area contributed by atoms with Crippen LogP contribution in [0.4, 0.5) is 5.69 Å². The number of halogens is 1. The number of anilines is 1. The van der Waals surface area contributed by atoms with E-state index >= 15 is 0 Å². The number of methoxy groups -OCH3 is 1. The average Bonchev–Trinajstić information content (AvgIpc) is 2.93. The van der Waals surface area contributed by atoms with E-state index in [4.69, 9.17) is 21.1 Å². The predicted molar refractivity (Wildman–Crippen MR) is 148 cm³/mol. The fourth-order valence-corrected chi connectivity index (χ4v) is 5.26. The number of ether oxygens (including phenoxy) is 2. The van der Waals surface area contributed by atoms with Gasteiger partial charge in [-0.25, -0.2) is 8.42 Å². The van der Waals surface area contributed by atoms with Crippen molar-refractivity contribution in [3.8, 4) is 11.5 Å². The summed E-state index contributed by atoms with van der Waals surface area (Å²) < 4.78 is 39.8. The molecule has 1 atom stereocenters. The molecule has 9 heteroatoms. The number of carbonyl (C=O) groups is 1. The van der Waals surface area contributed by atoms with Gasteiger partial charge in [0.05, 0.1) is 17.0 Å². The lowest BCUT2D eigenvalue weighted by Crippen LogP contribution is -2.45. The summed E-state index contributed by atoms with van der Waals surface area (Å²) in [5.74, 6) is 0.486. The van der Waals surface area contributed by atoms with Crippen molar-refractivity contribution in [1.82, 2.24) is 4.72 Å². The van der Waals surface area contributed by atoms with E-state index in [9.17, 15) is 13.2 Å². The van der Waals surface area contributed by atoms with E-state index in [2.05, 4.69) is 10.0 Å². The molecule has 0 fully saturated rings. The van der Waals surface area contributed by atoms with Gasteiger partial charge in [0.25, 0.3) is 0 Å². The minimum absolute atomic E-state index is 0.0749. The summed E-state index contributed by atoms with van der Waals surface area (Å²) in [5, 5.41) is 2.95. The van der Waals surface area contributed by atoms with Crippen molar-refractivity contribution in [1.29, 1.82) is 0 Å². The number of hydrogen-bond acceptors (Lipinski definition) is 5. The highest BCUT2D eigenvalue weighted by atomic mass is 35.5. The zero-order valence-corrected chi connectivity index (χ0v) is 22.2. The van der Waals surface area contributed by atoms with Crippen LogP contribution in [0, 0.1) is 0 Å². The Morgan fingerprint density at radius 1 is 0.868 bits per heavy atom. The third-order valence-corrected chi connectivity index (χ3v) is 7.47. The first-order valence-corrected chi connectivity index (χ1v) is 13.7. The molecule has 0 radical (unpaired) electrons. The summed E-state index contributed by atoms with van der Waals surface area (Å²) >= 11 is 6.13. The van der Waals surface area contributed by atoms with E-state index in [0.717, 1.165) is 11.1 Å². The quantitative estimate of drug-likeness (QED) is 0.259. The summed E-state index contributed by atoms with van der Waals surface area (Å²) in [4.78, 5) is 13.2. The lowest BCUT2D eigenvalue weighted by atomic mass is 10.1.